The third kappa shape index (κ3) is 5.80. The van der Waals surface area contributed by atoms with E-state index in [9.17, 15) is 4.79 Å². The lowest BCUT2D eigenvalue weighted by Crippen LogP contribution is -2.15. The van der Waals surface area contributed by atoms with Gasteiger partial charge in [-0.05, 0) is 24.3 Å². The molecule has 0 atom stereocenters. The summed E-state index contributed by atoms with van der Waals surface area (Å²) in [6.07, 6.45) is 1.73. The SMILES string of the molecule is C=CCn1c(SCC(=O)Nc2ccc(OC)cc2OC)nnc1-c1cc(OC)c(OC)c(OC)c1. The Morgan fingerprint density at radius 1 is 0.971 bits per heavy atom. The average molecular weight is 501 g/mol. The van der Waals surface area contributed by atoms with Crippen molar-refractivity contribution in [1.29, 1.82) is 0 Å². The van der Waals surface area contributed by atoms with Crippen LogP contribution in [-0.2, 0) is 11.3 Å². The molecule has 186 valence electrons. The van der Waals surface area contributed by atoms with Gasteiger partial charge in [-0.1, -0.05) is 17.8 Å². The Labute approximate surface area is 208 Å². The van der Waals surface area contributed by atoms with Crippen LogP contribution in [0.2, 0.25) is 0 Å². The number of aromatic nitrogens is 3. The predicted octanol–water partition coefficient (Wildman–Crippen LogP) is 3.90. The number of anilines is 1. The number of rotatable bonds is 12. The zero-order valence-corrected chi connectivity index (χ0v) is 21.1. The second-order valence-electron chi connectivity index (χ2n) is 7.02. The van der Waals surface area contributed by atoms with E-state index < -0.39 is 0 Å². The Bertz CT molecular complexity index is 1170. The number of allylic oxidation sites excluding steroid dienone is 1. The van der Waals surface area contributed by atoms with Gasteiger partial charge in [0, 0.05) is 18.2 Å². The van der Waals surface area contributed by atoms with E-state index in [0.717, 1.165) is 0 Å². The normalized spacial score (nSPS) is 10.4. The molecule has 0 aliphatic heterocycles. The first-order valence-electron chi connectivity index (χ1n) is 10.5. The first-order chi connectivity index (χ1) is 17.0. The summed E-state index contributed by atoms with van der Waals surface area (Å²) in [4.78, 5) is 12.6. The van der Waals surface area contributed by atoms with Crippen LogP contribution in [0.15, 0.2) is 48.1 Å². The van der Waals surface area contributed by atoms with Gasteiger partial charge in [0.2, 0.25) is 11.7 Å². The van der Waals surface area contributed by atoms with Crippen molar-refractivity contribution < 1.29 is 28.5 Å². The van der Waals surface area contributed by atoms with Crippen molar-refractivity contribution in [3.8, 4) is 40.1 Å². The minimum Gasteiger partial charge on any atom is -0.497 e. The zero-order valence-electron chi connectivity index (χ0n) is 20.3. The van der Waals surface area contributed by atoms with Gasteiger partial charge in [-0.25, -0.2) is 0 Å². The summed E-state index contributed by atoms with van der Waals surface area (Å²) < 4.78 is 28.7. The number of ether oxygens (including phenoxy) is 5. The Morgan fingerprint density at radius 2 is 1.66 bits per heavy atom. The van der Waals surface area contributed by atoms with Crippen molar-refractivity contribution in [3.63, 3.8) is 0 Å². The summed E-state index contributed by atoms with van der Waals surface area (Å²) in [6, 6.07) is 8.76. The fourth-order valence-electron chi connectivity index (χ4n) is 3.33. The molecule has 0 saturated heterocycles. The molecule has 1 aromatic heterocycles. The molecule has 0 fully saturated rings. The quantitative estimate of drug-likeness (QED) is 0.293. The third-order valence-electron chi connectivity index (χ3n) is 4.97. The number of hydrogen-bond donors (Lipinski definition) is 1. The lowest BCUT2D eigenvalue weighted by atomic mass is 10.1. The second kappa shape index (κ2) is 12.0. The number of methoxy groups -OCH3 is 5. The minimum absolute atomic E-state index is 0.111. The van der Waals surface area contributed by atoms with Crippen molar-refractivity contribution >= 4 is 23.4 Å². The number of nitrogens with zero attached hydrogens (tertiary/aromatic N) is 3. The summed E-state index contributed by atoms with van der Waals surface area (Å²) in [5, 5.41) is 12.1. The summed E-state index contributed by atoms with van der Waals surface area (Å²) in [5.41, 5.74) is 1.26. The number of thioether (sulfide) groups is 1. The average Bonchev–Trinajstić information content (AvgIpc) is 3.29. The fraction of sp³-hybridized carbons (Fsp3) is 0.292. The molecule has 0 saturated carbocycles. The third-order valence-corrected chi connectivity index (χ3v) is 5.93. The molecule has 1 N–H and O–H groups in total. The van der Waals surface area contributed by atoms with Crippen LogP contribution >= 0.6 is 11.8 Å². The number of carbonyl (C=O) groups excluding carboxylic acids is 1. The van der Waals surface area contributed by atoms with E-state index >= 15 is 0 Å². The molecule has 3 rings (SSSR count). The molecule has 35 heavy (non-hydrogen) atoms. The highest BCUT2D eigenvalue weighted by molar-refractivity contribution is 7.99. The molecule has 0 aliphatic carbocycles. The van der Waals surface area contributed by atoms with Crippen LogP contribution in [0.1, 0.15) is 0 Å². The van der Waals surface area contributed by atoms with Crippen LogP contribution < -0.4 is 29.0 Å². The van der Waals surface area contributed by atoms with E-state index in [1.165, 1.54) is 18.9 Å². The van der Waals surface area contributed by atoms with Crippen molar-refractivity contribution in [2.45, 2.75) is 11.7 Å². The Morgan fingerprint density at radius 3 is 2.23 bits per heavy atom. The van der Waals surface area contributed by atoms with Gasteiger partial charge in [-0.2, -0.15) is 0 Å². The summed E-state index contributed by atoms with van der Waals surface area (Å²) >= 11 is 1.26. The lowest BCUT2D eigenvalue weighted by Gasteiger charge is -2.14. The van der Waals surface area contributed by atoms with Gasteiger partial charge in [0.15, 0.2) is 22.5 Å². The second-order valence-corrected chi connectivity index (χ2v) is 7.97. The highest BCUT2D eigenvalue weighted by Crippen LogP contribution is 2.41. The summed E-state index contributed by atoms with van der Waals surface area (Å²) in [7, 11) is 7.74. The number of carbonyl (C=O) groups is 1. The molecule has 0 radical (unpaired) electrons. The maximum Gasteiger partial charge on any atom is 0.234 e. The van der Waals surface area contributed by atoms with Crippen LogP contribution in [0.4, 0.5) is 5.69 Å². The molecule has 0 spiro atoms. The first-order valence-corrected chi connectivity index (χ1v) is 11.5. The smallest absolute Gasteiger partial charge is 0.234 e. The summed E-state index contributed by atoms with van der Waals surface area (Å²) in [5.74, 6) is 3.07. The molecule has 0 aliphatic rings. The first kappa shape index (κ1) is 25.8. The molecule has 0 unspecified atom stereocenters. The Balaban J connectivity index is 1.82. The molecule has 3 aromatic rings. The molecule has 0 bridgehead atoms. The largest absolute Gasteiger partial charge is 0.497 e. The van der Waals surface area contributed by atoms with Crippen molar-refractivity contribution in [2.24, 2.45) is 0 Å². The minimum atomic E-state index is -0.221. The Hall–Kier alpha value is -3.86. The topological polar surface area (TPSA) is 106 Å². The van der Waals surface area contributed by atoms with E-state index in [2.05, 4.69) is 22.1 Å². The van der Waals surface area contributed by atoms with E-state index in [4.69, 9.17) is 23.7 Å². The standard InChI is InChI=1S/C24H28N4O6S/c1-7-10-28-23(15-11-19(32-4)22(34-6)20(12-15)33-5)26-27-24(28)35-14-21(29)25-17-9-8-16(30-2)13-18(17)31-3/h7-9,11-13H,1,10,14H2,2-6H3,(H,25,29). The molecule has 11 heteroatoms. The molecule has 1 amide bonds. The van der Waals surface area contributed by atoms with Gasteiger partial charge in [-0.15, -0.1) is 16.8 Å². The van der Waals surface area contributed by atoms with Gasteiger partial charge < -0.3 is 29.0 Å². The van der Waals surface area contributed by atoms with Crippen LogP contribution in [0.5, 0.6) is 28.7 Å². The molecule has 1 heterocycles. The number of nitrogens with one attached hydrogen (secondary N) is 1. The maximum atomic E-state index is 12.6. The highest BCUT2D eigenvalue weighted by atomic mass is 32.2. The fourth-order valence-corrected chi connectivity index (χ4v) is 4.08. The molecule has 2 aromatic carbocycles. The van der Waals surface area contributed by atoms with Crippen LogP contribution in [0.25, 0.3) is 11.4 Å². The predicted molar refractivity (Wildman–Crippen MR) is 134 cm³/mol. The van der Waals surface area contributed by atoms with Gasteiger partial charge in [0.1, 0.15) is 11.5 Å². The van der Waals surface area contributed by atoms with E-state index in [0.29, 0.717) is 57.5 Å². The monoisotopic (exact) mass is 500 g/mol. The molecule has 10 nitrogen and oxygen atoms in total. The number of benzene rings is 2. The van der Waals surface area contributed by atoms with Gasteiger partial charge in [-0.3, -0.25) is 9.36 Å². The summed E-state index contributed by atoms with van der Waals surface area (Å²) in [6.45, 7) is 4.27. The van der Waals surface area contributed by atoms with E-state index in [-0.39, 0.29) is 11.7 Å². The van der Waals surface area contributed by atoms with Gasteiger partial charge >= 0.3 is 0 Å². The van der Waals surface area contributed by atoms with Crippen LogP contribution in [-0.4, -0.2) is 62.0 Å². The van der Waals surface area contributed by atoms with Crippen molar-refractivity contribution in [3.05, 3.63) is 43.0 Å². The number of hydrogen-bond acceptors (Lipinski definition) is 9. The maximum absolute atomic E-state index is 12.6. The van der Waals surface area contributed by atoms with Crippen molar-refractivity contribution in [1.82, 2.24) is 14.8 Å². The molecular weight excluding hydrogens is 472 g/mol. The van der Waals surface area contributed by atoms with Gasteiger partial charge in [0.05, 0.1) is 47.0 Å². The van der Waals surface area contributed by atoms with E-state index in [1.807, 2.05) is 4.57 Å². The zero-order chi connectivity index (χ0) is 25.4. The molecular formula is C24H28N4O6S. The lowest BCUT2D eigenvalue weighted by molar-refractivity contribution is -0.113. The van der Waals surface area contributed by atoms with Crippen LogP contribution in [0.3, 0.4) is 0 Å². The highest BCUT2D eigenvalue weighted by Gasteiger charge is 2.20. The van der Waals surface area contributed by atoms with E-state index in [1.54, 1.807) is 64.8 Å². The van der Waals surface area contributed by atoms with Crippen molar-refractivity contribution in [2.75, 3.05) is 46.6 Å². The van der Waals surface area contributed by atoms with Crippen LogP contribution in [0, 0.1) is 0 Å². The number of amides is 1. The Kier molecular flexibility index (Phi) is 8.85. The van der Waals surface area contributed by atoms with Gasteiger partial charge in [0.25, 0.3) is 0 Å².